The second-order valence-electron chi connectivity index (χ2n) is 9.37. The molecule has 2 saturated heterocycles. The van der Waals surface area contributed by atoms with E-state index in [1.54, 1.807) is 7.11 Å². The van der Waals surface area contributed by atoms with Crippen molar-refractivity contribution in [2.24, 2.45) is 11.8 Å². The van der Waals surface area contributed by atoms with Gasteiger partial charge in [0, 0.05) is 28.5 Å². The van der Waals surface area contributed by atoms with Gasteiger partial charge >= 0.3 is 0 Å². The van der Waals surface area contributed by atoms with Crippen molar-refractivity contribution in [3.63, 3.8) is 0 Å². The largest absolute Gasteiger partial charge is 0.497 e. The highest BCUT2D eigenvalue weighted by Gasteiger charge is 2.44. The van der Waals surface area contributed by atoms with Gasteiger partial charge in [0.15, 0.2) is 0 Å². The van der Waals surface area contributed by atoms with E-state index in [0.717, 1.165) is 24.7 Å². The number of benzene rings is 2. The Morgan fingerprint density at radius 3 is 2.55 bits per heavy atom. The molecular formula is C29H31NO2S. The Morgan fingerprint density at radius 2 is 1.76 bits per heavy atom. The molecule has 0 spiro atoms. The molecule has 4 aliphatic rings. The zero-order valence-corrected chi connectivity index (χ0v) is 20.0. The smallest absolute Gasteiger partial charge is 0.119 e. The molecule has 2 aromatic carbocycles. The zero-order chi connectivity index (χ0) is 22.2. The van der Waals surface area contributed by atoms with E-state index in [0.29, 0.717) is 17.1 Å². The van der Waals surface area contributed by atoms with Gasteiger partial charge in [0.05, 0.1) is 7.11 Å². The standard InChI is InChI=1S/C29H31NO2S/c1-31-22-13-14-25-26(19-22)33-29-24-8-4-3-7-23(24)27(28(25)29)20-9-11-21(12-10-20)32-18-17-30-15-5-2-6-16-30/h3-4,7-14,19,25-26,28H,2,5-6,15-18H2,1H3. The summed E-state index contributed by atoms with van der Waals surface area (Å²) in [6, 6.07) is 17.7. The minimum absolute atomic E-state index is 0.411. The number of methoxy groups -OCH3 is 1. The molecule has 3 unspecified atom stereocenters. The van der Waals surface area contributed by atoms with Gasteiger partial charge in [-0.05, 0) is 71.8 Å². The summed E-state index contributed by atoms with van der Waals surface area (Å²) in [5.41, 5.74) is 2.77. The highest BCUT2D eigenvalue weighted by atomic mass is 32.2. The Labute approximate surface area is 200 Å². The predicted octanol–water partition coefficient (Wildman–Crippen LogP) is 4.32. The van der Waals surface area contributed by atoms with Gasteiger partial charge in [-0.3, -0.25) is 4.90 Å². The minimum atomic E-state index is 0.411. The molecule has 2 aromatic rings. The molecular weight excluding hydrogens is 426 g/mol. The molecule has 0 saturated carbocycles. The molecule has 33 heavy (non-hydrogen) atoms. The van der Waals surface area contributed by atoms with E-state index in [-0.39, 0.29) is 0 Å². The molecule has 6 rings (SSSR count). The average Bonchev–Trinajstić information content (AvgIpc) is 3.39. The SMILES string of the molecule is COC1=CC2SC3=c4ccccc4=C(c4ccc(OCCN5CCCCC5)cc4)C3C2C=C1. The molecule has 0 amide bonds. The molecule has 2 aliphatic heterocycles. The third kappa shape index (κ3) is 3.94. The minimum Gasteiger partial charge on any atom is -0.497 e. The molecule has 2 heterocycles. The number of rotatable bonds is 6. The number of ether oxygens (including phenoxy) is 2. The molecule has 4 heteroatoms. The molecule has 0 aromatic heterocycles. The van der Waals surface area contributed by atoms with Gasteiger partial charge in [-0.2, -0.15) is 0 Å². The summed E-state index contributed by atoms with van der Waals surface area (Å²) in [7, 11) is 1.76. The van der Waals surface area contributed by atoms with Gasteiger partial charge < -0.3 is 9.47 Å². The van der Waals surface area contributed by atoms with Crippen molar-refractivity contribution in [2.45, 2.75) is 24.5 Å². The maximum atomic E-state index is 6.10. The van der Waals surface area contributed by atoms with Crippen LogP contribution >= 0.6 is 11.8 Å². The lowest BCUT2D eigenvalue weighted by Gasteiger charge is -2.26. The van der Waals surface area contributed by atoms with Crippen LogP contribution in [0.4, 0.5) is 0 Å². The number of fused-ring (bicyclic) bond motifs is 4. The maximum absolute atomic E-state index is 6.10. The Bertz CT molecular complexity index is 1210. The van der Waals surface area contributed by atoms with Crippen LogP contribution in [0.15, 0.2) is 72.5 Å². The third-order valence-corrected chi connectivity index (χ3v) is 8.89. The van der Waals surface area contributed by atoms with Crippen LogP contribution < -0.4 is 15.2 Å². The first-order chi connectivity index (χ1) is 16.3. The maximum Gasteiger partial charge on any atom is 0.119 e. The lowest BCUT2D eigenvalue weighted by atomic mass is 9.80. The van der Waals surface area contributed by atoms with Crippen molar-refractivity contribution in [2.75, 3.05) is 33.4 Å². The van der Waals surface area contributed by atoms with Crippen LogP contribution in [-0.4, -0.2) is 43.5 Å². The first kappa shape index (κ1) is 21.1. The number of likely N-dealkylation sites (tertiary alicyclic amines) is 1. The Morgan fingerprint density at radius 1 is 0.970 bits per heavy atom. The number of allylic oxidation sites excluding steroid dienone is 2. The van der Waals surface area contributed by atoms with Crippen LogP contribution in [0, 0.1) is 11.8 Å². The van der Waals surface area contributed by atoms with Gasteiger partial charge in [0.2, 0.25) is 0 Å². The summed E-state index contributed by atoms with van der Waals surface area (Å²) in [5, 5.41) is 3.22. The van der Waals surface area contributed by atoms with Crippen LogP contribution in [0.25, 0.3) is 10.5 Å². The highest BCUT2D eigenvalue weighted by molar-refractivity contribution is 8.09. The fourth-order valence-corrected chi connectivity index (χ4v) is 7.41. The number of nitrogens with zero attached hydrogens (tertiary/aromatic N) is 1. The fraction of sp³-hybridized carbons (Fsp3) is 0.379. The number of hydrogen-bond acceptors (Lipinski definition) is 4. The average molecular weight is 458 g/mol. The Hall–Kier alpha value is -2.43. The predicted molar refractivity (Wildman–Crippen MR) is 136 cm³/mol. The van der Waals surface area contributed by atoms with Gasteiger partial charge in [0.1, 0.15) is 18.1 Å². The van der Waals surface area contributed by atoms with Gasteiger partial charge in [0.25, 0.3) is 0 Å². The molecule has 0 bridgehead atoms. The fourth-order valence-electron chi connectivity index (χ4n) is 5.78. The second-order valence-corrected chi connectivity index (χ2v) is 10.6. The summed E-state index contributed by atoms with van der Waals surface area (Å²) in [4.78, 5) is 4.03. The second kappa shape index (κ2) is 9.08. The van der Waals surface area contributed by atoms with E-state index in [4.69, 9.17) is 9.47 Å². The quantitative estimate of drug-likeness (QED) is 0.644. The van der Waals surface area contributed by atoms with Crippen molar-refractivity contribution >= 4 is 22.2 Å². The summed E-state index contributed by atoms with van der Waals surface area (Å²) < 4.78 is 11.6. The number of thioether (sulfide) groups is 1. The number of hydrogen-bond donors (Lipinski definition) is 0. The Balaban J connectivity index is 1.25. The van der Waals surface area contributed by atoms with Crippen molar-refractivity contribution in [3.05, 3.63) is 88.5 Å². The Kier molecular flexibility index (Phi) is 5.81. The van der Waals surface area contributed by atoms with Gasteiger partial charge in [-0.1, -0.05) is 48.9 Å². The van der Waals surface area contributed by atoms with Gasteiger partial charge in [-0.15, -0.1) is 11.8 Å². The van der Waals surface area contributed by atoms with E-state index in [2.05, 4.69) is 71.7 Å². The summed E-state index contributed by atoms with van der Waals surface area (Å²) in [5.74, 6) is 2.82. The first-order valence-corrected chi connectivity index (χ1v) is 13.1. The van der Waals surface area contributed by atoms with E-state index >= 15 is 0 Å². The van der Waals surface area contributed by atoms with Crippen LogP contribution in [0.1, 0.15) is 24.8 Å². The van der Waals surface area contributed by atoms with Crippen LogP contribution in [-0.2, 0) is 4.74 Å². The monoisotopic (exact) mass is 457 g/mol. The summed E-state index contributed by atoms with van der Waals surface area (Å²) in [6.45, 7) is 4.22. The van der Waals surface area contributed by atoms with Crippen LogP contribution in [0.3, 0.4) is 0 Å². The van der Waals surface area contributed by atoms with Crippen molar-refractivity contribution < 1.29 is 9.47 Å². The molecule has 0 N–H and O–H groups in total. The molecule has 0 radical (unpaired) electrons. The van der Waals surface area contributed by atoms with Crippen LogP contribution in [0.5, 0.6) is 5.75 Å². The van der Waals surface area contributed by atoms with Gasteiger partial charge in [-0.25, -0.2) is 0 Å². The summed E-state index contributed by atoms with van der Waals surface area (Å²) in [6.07, 6.45) is 10.8. The van der Waals surface area contributed by atoms with Crippen molar-refractivity contribution in [3.8, 4) is 5.75 Å². The zero-order valence-electron chi connectivity index (χ0n) is 19.2. The molecule has 2 aliphatic carbocycles. The van der Waals surface area contributed by atoms with Crippen molar-refractivity contribution in [1.82, 2.24) is 4.90 Å². The lowest BCUT2D eigenvalue weighted by molar-refractivity contribution is 0.183. The third-order valence-electron chi connectivity index (χ3n) is 7.44. The molecule has 3 nitrogen and oxygen atoms in total. The normalized spacial score (nSPS) is 26.0. The van der Waals surface area contributed by atoms with E-state index < -0.39 is 0 Å². The topological polar surface area (TPSA) is 21.7 Å². The highest BCUT2D eigenvalue weighted by Crippen LogP contribution is 2.55. The van der Waals surface area contributed by atoms with Crippen LogP contribution in [0.2, 0.25) is 0 Å². The molecule has 3 atom stereocenters. The first-order valence-electron chi connectivity index (χ1n) is 12.2. The lowest BCUT2D eigenvalue weighted by Crippen LogP contribution is -2.33. The van der Waals surface area contributed by atoms with Crippen molar-refractivity contribution in [1.29, 1.82) is 0 Å². The van der Waals surface area contributed by atoms with E-state index in [1.807, 2.05) is 11.8 Å². The molecule has 170 valence electrons. The number of piperidine rings is 1. The van der Waals surface area contributed by atoms with E-state index in [9.17, 15) is 0 Å². The van der Waals surface area contributed by atoms with E-state index in [1.165, 1.54) is 58.8 Å². The summed E-state index contributed by atoms with van der Waals surface area (Å²) >= 11 is 2.01. The molecule has 2 fully saturated rings.